The van der Waals surface area contributed by atoms with E-state index in [1.54, 1.807) is 0 Å². The molecule has 0 atom stereocenters. The zero-order valence-corrected chi connectivity index (χ0v) is 7.37. The Morgan fingerprint density at radius 3 is 3.08 bits per heavy atom. The van der Waals surface area contributed by atoms with Crippen molar-refractivity contribution in [1.29, 1.82) is 0 Å². The summed E-state index contributed by atoms with van der Waals surface area (Å²) >= 11 is 0. The molecule has 70 valence electrons. The third-order valence-electron chi connectivity index (χ3n) is 1.97. The molecule has 2 N–H and O–H groups in total. The van der Waals surface area contributed by atoms with E-state index in [4.69, 9.17) is 15.4 Å². The monoisotopic (exact) mass is 181 g/mol. The van der Waals surface area contributed by atoms with Gasteiger partial charge in [0.05, 0.1) is 6.61 Å². The zero-order valence-electron chi connectivity index (χ0n) is 7.37. The molecule has 0 bridgehead atoms. The van der Waals surface area contributed by atoms with E-state index < -0.39 is 0 Å². The van der Waals surface area contributed by atoms with Crippen molar-refractivity contribution in [3.8, 4) is 11.5 Å². The lowest BCUT2D eigenvalue weighted by Gasteiger charge is -2.04. The summed E-state index contributed by atoms with van der Waals surface area (Å²) in [4.78, 5) is 4.55. The molecular weight excluding hydrogens is 170 g/mol. The smallest absolute Gasteiger partial charge is 0.231 e. The Morgan fingerprint density at radius 2 is 2.31 bits per heavy atom. The lowest BCUT2D eigenvalue weighted by Crippen LogP contribution is -1.99. The summed E-state index contributed by atoms with van der Waals surface area (Å²) in [5, 5.41) is 0. The summed E-state index contributed by atoms with van der Waals surface area (Å²) in [7, 11) is 0. The minimum absolute atomic E-state index is 0.295. The second-order valence-corrected chi connectivity index (χ2v) is 2.96. The van der Waals surface area contributed by atoms with Crippen molar-refractivity contribution in [2.75, 3.05) is 6.79 Å². The zero-order chi connectivity index (χ0) is 9.26. The maximum atomic E-state index is 5.27. The first kappa shape index (κ1) is 8.34. The quantitative estimate of drug-likeness (QED) is 0.694. The summed E-state index contributed by atoms with van der Waals surface area (Å²) in [5.74, 6) is 6.57. The van der Waals surface area contributed by atoms with Crippen molar-refractivity contribution in [3.05, 3.63) is 23.3 Å². The SMILES string of the molecule is Cc1cc(CON)cc2c1OCO2. The standard InChI is InChI=1S/C9H11NO3/c1-6-2-7(4-13-10)3-8-9(6)12-5-11-8/h2-3H,4-5,10H2,1H3. The number of ether oxygens (including phenoxy) is 2. The van der Waals surface area contributed by atoms with Gasteiger partial charge >= 0.3 is 0 Å². The van der Waals surface area contributed by atoms with Crippen LogP contribution in [0.3, 0.4) is 0 Å². The third-order valence-corrected chi connectivity index (χ3v) is 1.97. The molecule has 1 aromatic carbocycles. The van der Waals surface area contributed by atoms with Gasteiger partial charge in [0.25, 0.3) is 0 Å². The molecule has 1 aliphatic rings. The van der Waals surface area contributed by atoms with Crippen molar-refractivity contribution in [3.63, 3.8) is 0 Å². The lowest BCUT2D eigenvalue weighted by atomic mass is 10.1. The van der Waals surface area contributed by atoms with Crippen molar-refractivity contribution in [1.82, 2.24) is 0 Å². The van der Waals surface area contributed by atoms with Crippen molar-refractivity contribution in [2.45, 2.75) is 13.5 Å². The van der Waals surface area contributed by atoms with Crippen LogP contribution in [0, 0.1) is 6.92 Å². The van der Waals surface area contributed by atoms with Crippen LogP contribution in [0.4, 0.5) is 0 Å². The number of fused-ring (bicyclic) bond motifs is 1. The highest BCUT2D eigenvalue weighted by molar-refractivity contribution is 5.50. The molecule has 0 saturated carbocycles. The van der Waals surface area contributed by atoms with E-state index in [0.29, 0.717) is 13.4 Å². The van der Waals surface area contributed by atoms with Crippen LogP contribution in [0.25, 0.3) is 0 Å². The predicted molar refractivity (Wildman–Crippen MR) is 46.3 cm³/mol. The molecule has 1 heterocycles. The van der Waals surface area contributed by atoms with Crippen LogP contribution >= 0.6 is 0 Å². The first-order valence-corrected chi connectivity index (χ1v) is 4.02. The van der Waals surface area contributed by atoms with Crippen molar-refractivity contribution < 1.29 is 14.3 Å². The number of benzene rings is 1. The van der Waals surface area contributed by atoms with Crippen LogP contribution in [0.15, 0.2) is 12.1 Å². The van der Waals surface area contributed by atoms with Crippen molar-refractivity contribution >= 4 is 0 Å². The van der Waals surface area contributed by atoms with E-state index in [1.807, 2.05) is 19.1 Å². The van der Waals surface area contributed by atoms with Gasteiger partial charge < -0.3 is 9.47 Å². The fourth-order valence-electron chi connectivity index (χ4n) is 1.44. The molecule has 1 aliphatic heterocycles. The molecular formula is C9H11NO3. The molecule has 1 aromatic rings. The Balaban J connectivity index is 2.37. The van der Waals surface area contributed by atoms with Crippen LogP contribution < -0.4 is 15.4 Å². The third kappa shape index (κ3) is 1.46. The first-order valence-electron chi connectivity index (χ1n) is 4.02. The van der Waals surface area contributed by atoms with Gasteiger partial charge in [0, 0.05) is 0 Å². The summed E-state index contributed by atoms with van der Waals surface area (Å²) in [5.41, 5.74) is 2.03. The Morgan fingerprint density at radius 1 is 1.46 bits per heavy atom. The van der Waals surface area contributed by atoms with E-state index in [9.17, 15) is 0 Å². The van der Waals surface area contributed by atoms with E-state index in [1.165, 1.54) is 0 Å². The summed E-state index contributed by atoms with van der Waals surface area (Å²) in [6.45, 7) is 2.65. The highest BCUT2D eigenvalue weighted by atomic mass is 16.7. The molecule has 0 radical (unpaired) electrons. The predicted octanol–water partition coefficient (Wildman–Crippen LogP) is 1.11. The molecule has 0 saturated heterocycles. The largest absolute Gasteiger partial charge is 0.454 e. The van der Waals surface area contributed by atoms with Gasteiger partial charge in [-0.05, 0) is 30.2 Å². The maximum absolute atomic E-state index is 5.27. The average molecular weight is 181 g/mol. The second-order valence-electron chi connectivity index (χ2n) is 2.96. The average Bonchev–Trinajstić information content (AvgIpc) is 2.53. The van der Waals surface area contributed by atoms with Gasteiger partial charge in [-0.15, -0.1) is 0 Å². The minimum atomic E-state index is 0.295. The Kier molecular flexibility index (Phi) is 2.08. The van der Waals surface area contributed by atoms with E-state index in [2.05, 4.69) is 4.84 Å². The first-order chi connectivity index (χ1) is 6.31. The molecule has 0 spiro atoms. The number of aryl methyl sites for hydroxylation is 1. The molecule has 4 nitrogen and oxygen atoms in total. The highest BCUT2D eigenvalue weighted by Crippen LogP contribution is 2.36. The van der Waals surface area contributed by atoms with Gasteiger partial charge in [-0.25, -0.2) is 5.90 Å². The van der Waals surface area contributed by atoms with Crippen LogP contribution in [0.5, 0.6) is 11.5 Å². The van der Waals surface area contributed by atoms with Gasteiger partial charge in [-0.3, -0.25) is 4.84 Å². The van der Waals surface area contributed by atoms with Gasteiger partial charge in [-0.1, -0.05) is 0 Å². The van der Waals surface area contributed by atoms with E-state index in [-0.39, 0.29) is 0 Å². The van der Waals surface area contributed by atoms with Crippen LogP contribution in [0.1, 0.15) is 11.1 Å². The molecule has 0 unspecified atom stereocenters. The maximum Gasteiger partial charge on any atom is 0.231 e. The minimum Gasteiger partial charge on any atom is -0.454 e. The fraction of sp³-hybridized carbons (Fsp3) is 0.333. The molecule has 0 amide bonds. The van der Waals surface area contributed by atoms with Gasteiger partial charge in [-0.2, -0.15) is 0 Å². The Labute approximate surface area is 76.2 Å². The number of hydrogen-bond donors (Lipinski definition) is 1. The van der Waals surface area contributed by atoms with E-state index >= 15 is 0 Å². The second kappa shape index (κ2) is 3.24. The molecule has 0 fully saturated rings. The summed E-state index contributed by atoms with van der Waals surface area (Å²) < 4.78 is 10.5. The molecule has 0 aromatic heterocycles. The molecule has 4 heteroatoms. The van der Waals surface area contributed by atoms with Crippen LogP contribution in [0.2, 0.25) is 0 Å². The Bertz CT molecular complexity index is 325. The number of hydrogen-bond acceptors (Lipinski definition) is 4. The topological polar surface area (TPSA) is 53.7 Å². The number of rotatable bonds is 2. The van der Waals surface area contributed by atoms with Crippen LogP contribution in [-0.2, 0) is 11.4 Å². The number of nitrogens with two attached hydrogens (primary N) is 1. The van der Waals surface area contributed by atoms with Gasteiger partial charge in [0.2, 0.25) is 6.79 Å². The molecule has 13 heavy (non-hydrogen) atoms. The highest BCUT2D eigenvalue weighted by Gasteiger charge is 2.16. The normalized spacial score (nSPS) is 13.4. The van der Waals surface area contributed by atoms with Crippen molar-refractivity contribution in [2.24, 2.45) is 5.90 Å². The molecule has 0 aliphatic carbocycles. The summed E-state index contributed by atoms with van der Waals surface area (Å²) in [6, 6.07) is 3.85. The summed E-state index contributed by atoms with van der Waals surface area (Å²) in [6.07, 6.45) is 0. The lowest BCUT2D eigenvalue weighted by molar-refractivity contribution is 0.124. The Hall–Kier alpha value is -1.26. The molecule has 2 rings (SSSR count). The fourth-order valence-corrected chi connectivity index (χ4v) is 1.44. The van der Waals surface area contributed by atoms with Gasteiger partial charge in [0.1, 0.15) is 0 Å². The van der Waals surface area contributed by atoms with Gasteiger partial charge in [0.15, 0.2) is 11.5 Å². The van der Waals surface area contributed by atoms with E-state index in [0.717, 1.165) is 22.6 Å². The van der Waals surface area contributed by atoms with Crippen LogP contribution in [-0.4, -0.2) is 6.79 Å².